The Kier molecular flexibility index (Phi) is 5.16. The van der Waals surface area contributed by atoms with Crippen molar-refractivity contribution in [3.05, 3.63) is 28.2 Å². The Balaban J connectivity index is 2.18. The topological polar surface area (TPSA) is 77.9 Å². The van der Waals surface area contributed by atoms with Gasteiger partial charge in [0.25, 0.3) is 0 Å². The Morgan fingerprint density at radius 1 is 1.30 bits per heavy atom. The maximum Gasteiger partial charge on any atom is 0.326 e. The molecule has 1 N–H and O–H groups in total. The number of anilines is 1. The normalized spacial score (nSPS) is 18.9. The van der Waals surface area contributed by atoms with E-state index in [0.29, 0.717) is 28.7 Å². The van der Waals surface area contributed by atoms with Crippen molar-refractivity contribution in [1.29, 1.82) is 0 Å². The molecular formula is C15H16Cl2N2O4. The van der Waals surface area contributed by atoms with Crippen molar-refractivity contribution >= 4 is 46.7 Å². The van der Waals surface area contributed by atoms with Gasteiger partial charge in [-0.2, -0.15) is 0 Å². The standard InChI is InChI=1S/C15H16Cl2N2O4/c1-8(15(22)23)18(2)13(20)12-3-4-19(14(12)21)11-6-9(16)5-10(17)7-11/h5-8,12H,3-4H2,1-2H3,(H,22,23). The quantitative estimate of drug-likeness (QED) is 0.837. The van der Waals surface area contributed by atoms with Gasteiger partial charge in [0.05, 0.1) is 0 Å². The third-order valence-corrected chi connectivity index (χ3v) is 4.38. The molecule has 2 rings (SSSR count). The second-order valence-electron chi connectivity index (χ2n) is 5.42. The highest BCUT2D eigenvalue weighted by Crippen LogP contribution is 2.31. The van der Waals surface area contributed by atoms with Gasteiger partial charge in [0.15, 0.2) is 0 Å². The van der Waals surface area contributed by atoms with E-state index in [-0.39, 0.29) is 5.91 Å². The molecule has 1 fully saturated rings. The molecule has 1 aromatic rings. The molecule has 0 spiro atoms. The number of benzene rings is 1. The fourth-order valence-corrected chi connectivity index (χ4v) is 2.98. The van der Waals surface area contributed by atoms with Crippen molar-refractivity contribution in [3.63, 3.8) is 0 Å². The number of carbonyl (C=O) groups excluding carboxylic acids is 2. The van der Waals surface area contributed by atoms with E-state index in [1.54, 1.807) is 18.2 Å². The Labute approximate surface area is 143 Å². The number of aliphatic carboxylic acids is 1. The average molecular weight is 359 g/mol. The SMILES string of the molecule is CC(C(=O)O)N(C)C(=O)C1CCN(c2cc(Cl)cc(Cl)c2)C1=O. The summed E-state index contributed by atoms with van der Waals surface area (Å²) in [5.74, 6) is -2.89. The van der Waals surface area contributed by atoms with Crippen molar-refractivity contribution in [1.82, 2.24) is 4.90 Å². The third kappa shape index (κ3) is 3.59. The van der Waals surface area contributed by atoms with Crippen LogP contribution in [0.2, 0.25) is 10.0 Å². The number of carbonyl (C=O) groups is 3. The molecule has 124 valence electrons. The molecular weight excluding hydrogens is 343 g/mol. The van der Waals surface area contributed by atoms with E-state index in [1.807, 2.05) is 0 Å². The second-order valence-corrected chi connectivity index (χ2v) is 6.30. The van der Waals surface area contributed by atoms with E-state index >= 15 is 0 Å². The number of halogens is 2. The molecule has 1 aliphatic heterocycles. The Hall–Kier alpha value is -1.79. The highest BCUT2D eigenvalue weighted by Gasteiger charge is 2.40. The van der Waals surface area contributed by atoms with Crippen LogP contribution in [0.15, 0.2) is 18.2 Å². The zero-order chi connectivity index (χ0) is 17.3. The van der Waals surface area contributed by atoms with Crippen LogP contribution in [0, 0.1) is 5.92 Å². The largest absolute Gasteiger partial charge is 0.480 e. The summed E-state index contributed by atoms with van der Waals surface area (Å²) in [7, 11) is 1.38. The first kappa shape index (κ1) is 17.6. The molecule has 8 heteroatoms. The molecule has 0 bridgehead atoms. The monoisotopic (exact) mass is 358 g/mol. The molecule has 2 unspecified atom stereocenters. The first-order valence-corrected chi connectivity index (χ1v) is 7.75. The van der Waals surface area contributed by atoms with E-state index < -0.39 is 23.8 Å². The van der Waals surface area contributed by atoms with E-state index in [1.165, 1.54) is 18.9 Å². The molecule has 0 saturated carbocycles. The van der Waals surface area contributed by atoms with Crippen LogP contribution >= 0.6 is 23.2 Å². The highest BCUT2D eigenvalue weighted by molar-refractivity contribution is 6.35. The third-order valence-electron chi connectivity index (χ3n) is 3.95. The number of amides is 2. The minimum absolute atomic E-state index is 0.318. The molecule has 0 radical (unpaired) electrons. The molecule has 2 amide bonds. The van der Waals surface area contributed by atoms with E-state index in [2.05, 4.69) is 0 Å². The number of hydrogen-bond acceptors (Lipinski definition) is 3. The van der Waals surface area contributed by atoms with Gasteiger partial charge in [0, 0.05) is 29.3 Å². The van der Waals surface area contributed by atoms with E-state index in [0.717, 1.165) is 4.90 Å². The Morgan fingerprint density at radius 2 is 1.87 bits per heavy atom. The maximum atomic E-state index is 12.5. The number of hydrogen-bond donors (Lipinski definition) is 1. The molecule has 2 atom stereocenters. The lowest BCUT2D eigenvalue weighted by Crippen LogP contribution is -2.45. The van der Waals surface area contributed by atoms with Gasteiger partial charge in [-0.25, -0.2) is 4.79 Å². The highest BCUT2D eigenvalue weighted by atomic mass is 35.5. The van der Waals surface area contributed by atoms with Crippen molar-refractivity contribution in [3.8, 4) is 0 Å². The lowest BCUT2D eigenvalue weighted by Gasteiger charge is -2.24. The minimum Gasteiger partial charge on any atom is -0.480 e. The predicted octanol–water partition coefficient (Wildman–Crippen LogP) is 2.28. The van der Waals surface area contributed by atoms with Crippen LogP contribution in [-0.2, 0) is 14.4 Å². The minimum atomic E-state index is -1.12. The fourth-order valence-electron chi connectivity index (χ4n) is 2.46. The molecule has 0 aliphatic carbocycles. The number of likely N-dealkylation sites (N-methyl/N-ethyl adjacent to an activating group) is 1. The molecule has 6 nitrogen and oxygen atoms in total. The number of nitrogens with zero attached hydrogens (tertiary/aromatic N) is 2. The lowest BCUT2D eigenvalue weighted by atomic mass is 10.1. The van der Waals surface area contributed by atoms with Crippen LogP contribution in [0.3, 0.4) is 0 Å². The van der Waals surface area contributed by atoms with Crippen LogP contribution in [0.25, 0.3) is 0 Å². The van der Waals surface area contributed by atoms with Gasteiger partial charge in [0.2, 0.25) is 11.8 Å². The summed E-state index contributed by atoms with van der Waals surface area (Å²) in [6.07, 6.45) is 0.318. The summed E-state index contributed by atoms with van der Waals surface area (Å²) >= 11 is 11.9. The van der Waals surface area contributed by atoms with Crippen molar-refractivity contribution in [2.75, 3.05) is 18.5 Å². The average Bonchev–Trinajstić information content (AvgIpc) is 2.85. The van der Waals surface area contributed by atoms with Gasteiger partial charge in [-0.15, -0.1) is 0 Å². The van der Waals surface area contributed by atoms with Gasteiger partial charge in [-0.3, -0.25) is 9.59 Å². The molecule has 1 saturated heterocycles. The molecule has 1 aromatic carbocycles. The lowest BCUT2D eigenvalue weighted by molar-refractivity contribution is -0.151. The van der Waals surface area contributed by atoms with Crippen LogP contribution in [0.1, 0.15) is 13.3 Å². The van der Waals surface area contributed by atoms with Crippen LogP contribution < -0.4 is 4.90 Å². The zero-order valence-electron chi connectivity index (χ0n) is 12.6. The van der Waals surface area contributed by atoms with Gasteiger partial charge >= 0.3 is 5.97 Å². The van der Waals surface area contributed by atoms with E-state index in [4.69, 9.17) is 28.3 Å². The Morgan fingerprint density at radius 3 is 2.39 bits per heavy atom. The molecule has 1 heterocycles. The summed E-state index contributed by atoms with van der Waals surface area (Å²) in [5, 5.41) is 9.77. The first-order chi connectivity index (χ1) is 10.7. The molecule has 0 aromatic heterocycles. The summed E-state index contributed by atoms with van der Waals surface area (Å²) < 4.78 is 0. The summed E-state index contributed by atoms with van der Waals surface area (Å²) in [4.78, 5) is 38.4. The van der Waals surface area contributed by atoms with Crippen LogP contribution in [0.4, 0.5) is 5.69 Å². The van der Waals surface area contributed by atoms with Gasteiger partial charge in [0.1, 0.15) is 12.0 Å². The van der Waals surface area contributed by atoms with Crippen LogP contribution in [-0.4, -0.2) is 47.4 Å². The number of carboxylic acid groups (broad SMARTS) is 1. The van der Waals surface area contributed by atoms with Crippen molar-refractivity contribution < 1.29 is 19.5 Å². The van der Waals surface area contributed by atoms with Gasteiger partial charge in [-0.1, -0.05) is 23.2 Å². The maximum absolute atomic E-state index is 12.5. The predicted molar refractivity (Wildman–Crippen MR) is 86.8 cm³/mol. The molecule has 1 aliphatic rings. The summed E-state index contributed by atoms with van der Waals surface area (Å²) in [6, 6.07) is 3.76. The van der Waals surface area contributed by atoms with Crippen LogP contribution in [0.5, 0.6) is 0 Å². The van der Waals surface area contributed by atoms with Gasteiger partial charge < -0.3 is 14.9 Å². The van der Waals surface area contributed by atoms with E-state index in [9.17, 15) is 14.4 Å². The smallest absolute Gasteiger partial charge is 0.326 e. The summed E-state index contributed by atoms with van der Waals surface area (Å²) in [5.41, 5.74) is 0.525. The van der Waals surface area contributed by atoms with Crippen molar-refractivity contribution in [2.45, 2.75) is 19.4 Å². The fraction of sp³-hybridized carbons (Fsp3) is 0.400. The molecule has 23 heavy (non-hydrogen) atoms. The van der Waals surface area contributed by atoms with Crippen molar-refractivity contribution in [2.24, 2.45) is 5.92 Å². The summed E-state index contributed by atoms with van der Waals surface area (Å²) in [6.45, 7) is 1.75. The van der Waals surface area contributed by atoms with Gasteiger partial charge in [-0.05, 0) is 31.5 Å². The zero-order valence-corrected chi connectivity index (χ0v) is 14.1. The number of carboxylic acids is 1. The second kappa shape index (κ2) is 6.76. The number of rotatable bonds is 4. The first-order valence-electron chi connectivity index (χ1n) is 6.99. The Bertz CT molecular complexity index is 645.